The molecule has 0 bridgehead atoms. The molecule has 0 spiro atoms. The summed E-state index contributed by atoms with van der Waals surface area (Å²) < 4.78 is 2.61. The number of aromatic nitrogens is 4. The van der Waals surface area contributed by atoms with E-state index in [4.69, 9.17) is 11.6 Å². The van der Waals surface area contributed by atoms with Gasteiger partial charge in [-0.25, -0.2) is 4.68 Å². The first kappa shape index (κ1) is 14.0. The lowest BCUT2D eigenvalue weighted by molar-refractivity contribution is 0.789. The molecule has 0 radical (unpaired) electrons. The van der Waals surface area contributed by atoms with Crippen LogP contribution in [-0.2, 0) is 6.54 Å². The van der Waals surface area contributed by atoms with Crippen LogP contribution in [0.15, 0.2) is 53.3 Å². The van der Waals surface area contributed by atoms with E-state index in [1.807, 2.05) is 42.5 Å². The molecule has 1 aromatic heterocycles. The maximum absolute atomic E-state index is 6.18. The molecular weight excluding hydrogens is 354 g/mol. The van der Waals surface area contributed by atoms with Crippen molar-refractivity contribution in [3.8, 4) is 5.69 Å². The van der Waals surface area contributed by atoms with E-state index in [1.54, 1.807) is 11.0 Å². The van der Waals surface area contributed by atoms with Crippen molar-refractivity contribution in [3.05, 3.63) is 63.9 Å². The van der Waals surface area contributed by atoms with Gasteiger partial charge in [0.25, 0.3) is 0 Å². The molecule has 3 rings (SSSR count). The molecule has 7 heteroatoms. The molecule has 106 valence electrons. The van der Waals surface area contributed by atoms with Crippen LogP contribution in [0.3, 0.4) is 0 Å². The second-order valence-electron chi connectivity index (χ2n) is 4.39. The summed E-state index contributed by atoms with van der Waals surface area (Å²) in [4.78, 5) is 0. The summed E-state index contributed by atoms with van der Waals surface area (Å²) in [6.45, 7) is 0.636. The number of tetrazole rings is 1. The number of rotatable bonds is 4. The van der Waals surface area contributed by atoms with Crippen molar-refractivity contribution < 1.29 is 0 Å². The van der Waals surface area contributed by atoms with E-state index in [0.717, 1.165) is 26.4 Å². The van der Waals surface area contributed by atoms with Crippen LogP contribution in [0.5, 0.6) is 0 Å². The minimum atomic E-state index is 0.636. The van der Waals surface area contributed by atoms with Gasteiger partial charge in [-0.3, -0.25) is 0 Å². The summed E-state index contributed by atoms with van der Waals surface area (Å²) in [7, 11) is 0. The molecule has 5 nitrogen and oxygen atoms in total. The molecule has 0 amide bonds. The maximum Gasteiger partial charge on any atom is 0.143 e. The summed E-state index contributed by atoms with van der Waals surface area (Å²) in [5, 5.41) is 15.2. The highest BCUT2D eigenvalue weighted by Crippen LogP contribution is 2.22. The van der Waals surface area contributed by atoms with Gasteiger partial charge in [0, 0.05) is 21.7 Å². The van der Waals surface area contributed by atoms with Crippen LogP contribution in [0.1, 0.15) is 5.56 Å². The van der Waals surface area contributed by atoms with Gasteiger partial charge in [-0.1, -0.05) is 33.6 Å². The van der Waals surface area contributed by atoms with Gasteiger partial charge in [-0.2, -0.15) is 0 Å². The largest absolute Gasteiger partial charge is 0.381 e. The third kappa shape index (κ3) is 3.40. The van der Waals surface area contributed by atoms with Crippen LogP contribution < -0.4 is 5.32 Å². The minimum Gasteiger partial charge on any atom is -0.381 e. The van der Waals surface area contributed by atoms with Crippen molar-refractivity contribution in [1.82, 2.24) is 20.2 Å². The number of nitrogens with zero attached hydrogens (tertiary/aromatic N) is 4. The first-order chi connectivity index (χ1) is 10.2. The van der Waals surface area contributed by atoms with Gasteiger partial charge in [0.15, 0.2) is 0 Å². The molecule has 0 saturated heterocycles. The SMILES string of the molecule is Clc1ccc(Br)cc1CNc1cccc(-n2cnnn2)c1. The monoisotopic (exact) mass is 363 g/mol. The lowest BCUT2D eigenvalue weighted by Gasteiger charge is -2.10. The highest BCUT2D eigenvalue weighted by molar-refractivity contribution is 9.10. The first-order valence-electron chi connectivity index (χ1n) is 6.23. The highest BCUT2D eigenvalue weighted by atomic mass is 79.9. The highest BCUT2D eigenvalue weighted by Gasteiger charge is 2.03. The molecular formula is C14H11BrClN5. The summed E-state index contributed by atoms with van der Waals surface area (Å²) in [6, 6.07) is 13.6. The second kappa shape index (κ2) is 6.24. The van der Waals surface area contributed by atoms with Crippen LogP contribution in [0.2, 0.25) is 5.02 Å². The number of hydrogen-bond donors (Lipinski definition) is 1. The first-order valence-corrected chi connectivity index (χ1v) is 7.41. The van der Waals surface area contributed by atoms with Crippen molar-refractivity contribution in [2.24, 2.45) is 0 Å². The van der Waals surface area contributed by atoms with E-state index in [2.05, 4.69) is 36.8 Å². The quantitative estimate of drug-likeness (QED) is 0.767. The van der Waals surface area contributed by atoms with Crippen LogP contribution in [-0.4, -0.2) is 20.2 Å². The average Bonchev–Trinajstić information content (AvgIpc) is 3.03. The van der Waals surface area contributed by atoms with Gasteiger partial charge in [0.1, 0.15) is 6.33 Å². The Morgan fingerprint density at radius 3 is 2.90 bits per heavy atom. The predicted molar refractivity (Wildman–Crippen MR) is 85.6 cm³/mol. The second-order valence-corrected chi connectivity index (χ2v) is 5.72. The van der Waals surface area contributed by atoms with Gasteiger partial charge in [-0.05, 0) is 52.4 Å². The Labute approximate surface area is 135 Å². The Morgan fingerprint density at radius 2 is 2.10 bits per heavy atom. The zero-order valence-corrected chi connectivity index (χ0v) is 13.2. The zero-order chi connectivity index (χ0) is 14.7. The Hall–Kier alpha value is -1.92. The van der Waals surface area contributed by atoms with Crippen LogP contribution in [0.25, 0.3) is 5.69 Å². The Morgan fingerprint density at radius 1 is 1.19 bits per heavy atom. The molecule has 21 heavy (non-hydrogen) atoms. The van der Waals surface area contributed by atoms with Crippen molar-refractivity contribution in [2.45, 2.75) is 6.54 Å². The van der Waals surface area contributed by atoms with Crippen LogP contribution >= 0.6 is 27.5 Å². The predicted octanol–water partition coefficient (Wildman–Crippen LogP) is 3.69. The van der Waals surface area contributed by atoms with Gasteiger partial charge < -0.3 is 5.32 Å². The number of nitrogens with one attached hydrogen (secondary N) is 1. The van der Waals surface area contributed by atoms with Gasteiger partial charge in [0.05, 0.1) is 5.69 Å². The van der Waals surface area contributed by atoms with E-state index >= 15 is 0 Å². The third-order valence-electron chi connectivity index (χ3n) is 2.95. The fourth-order valence-electron chi connectivity index (χ4n) is 1.91. The van der Waals surface area contributed by atoms with Crippen LogP contribution in [0.4, 0.5) is 5.69 Å². The van der Waals surface area contributed by atoms with Crippen molar-refractivity contribution in [2.75, 3.05) is 5.32 Å². The van der Waals surface area contributed by atoms with Gasteiger partial charge >= 0.3 is 0 Å². The fraction of sp³-hybridized carbons (Fsp3) is 0.0714. The van der Waals surface area contributed by atoms with E-state index in [1.165, 1.54) is 0 Å². The van der Waals surface area contributed by atoms with Gasteiger partial charge in [-0.15, -0.1) is 5.10 Å². The van der Waals surface area contributed by atoms with E-state index < -0.39 is 0 Å². The molecule has 1 N–H and O–H groups in total. The summed E-state index contributed by atoms with van der Waals surface area (Å²) >= 11 is 9.63. The number of benzene rings is 2. The summed E-state index contributed by atoms with van der Waals surface area (Å²) in [5.41, 5.74) is 2.89. The molecule has 3 aromatic rings. The normalized spacial score (nSPS) is 10.6. The van der Waals surface area contributed by atoms with Crippen LogP contribution in [0, 0.1) is 0 Å². The molecule has 1 heterocycles. The van der Waals surface area contributed by atoms with E-state index in [-0.39, 0.29) is 0 Å². The number of hydrogen-bond acceptors (Lipinski definition) is 4. The number of anilines is 1. The fourth-order valence-corrected chi connectivity index (χ4v) is 2.51. The van der Waals surface area contributed by atoms with E-state index in [9.17, 15) is 0 Å². The van der Waals surface area contributed by atoms with Crippen molar-refractivity contribution in [3.63, 3.8) is 0 Å². The molecule has 0 aliphatic carbocycles. The lowest BCUT2D eigenvalue weighted by atomic mass is 10.2. The Kier molecular flexibility index (Phi) is 4.17. The lowest BCUT2D eigenvalue weighted by Crippen LogP contribution is -2.02. The summed E-state index contributed by atoms with van der Waals surface area (Å²) in [6.07, 6.45) is 1.56. The molecule has 0 fully saturated rings. The molecule has 0 aliphatic heterocycles. The number of halogens is 2. The third-order valence-corrected chi connectivity index (χ3v) is 3.81. The minimum absolute atomic E-state index is 0.636. The van der Waals surface area contributed by atoms with E-state index in [0.29, 0.717) is 6.54 Å². The van der Waals surface area contributed by atoms with Crippen molar-refractivity contribution >= 4 is 33.2 Å². The Bertz CT molecular complexity index is 745. The molecule has 2 aromatic carbocycles. The topological polar surface area (TPSA) is 55.6 Å². The standard InChI is InChI=1S/C14H11BrClN5/c15-11-4-5-14(16)10(6-11)8-17-12-2-1-3-13(7-12)21-9-18-19-20-21/h1-7,9,17H,8H2. The Balaban J connectivity index is 1.76. The molecule has 0 saturated carbocycles. The molecule has 0 unspecified atom stereocenters. The van der Waals surface area contributed by atoms with Crippen molar-refractivity contribution in [1.29, 1.82) is 0 Å². The smallest absolute Gasteiger partial charge is 0.143 e. The molecule has 0 aliphatic rings. The summed E-state index contributed by atoms with van der Waals surface area (Å²) in [5.74, 6) is 0. The molecule has 0 atom stereocenters. The van der Waals surface area contributed by atoms with Gasteiger partial charge in [0.2, 0.25) is 0 Å². The maximum atomic E-state index is 6.18. The average molecular weight is 365 g/mol. The zero-order valence-electron chi connectivity index (χ0n) is 10.9.